The van der Waals surface area contributed by atoms with Crippen molar-refractivity contribution in [1.29, 1.82) is 0 Å². The highest BCUT2D eigenvalue weighted by molar-refractivity contribution is 6.43. The van der Waals surface area contributed by atoms with E-state index >= 15 is 0 Å². The molecule has 0 heterocycles. The van der Waals surface area contributed by atoms with Crippen LogP contribution < -0.4 is 4.74 Å². The Balaban J connectivity index is 1.46. The predicted octanol–water partition coefficient (Wildman–Crippen LogP) is 6.18. The van der Waals surface area contributed by atoms with Crippen LogP contribution in [-0.2, 0) is 9.53 Å². The van der Waals surface area contributed by atoms with Gasteiger partial charge in [0.15, 0.2) is 6.61 Å². The highest BCUT2D eigenvalue weighted by atomic mass is 35.5. The number of esters is 1. The smallest absolute Gasteiger partial charge is 0.344 e. The van der Waals surface area contributed by atoms with Gasteiger partial charge in [-0.25, -0.2) is 4.79 Å². The number of halogens is 3. The molecule has 4 rings (SSSR count). The molecule has 3 nitrogen and oxygen atoms in total. The predicted molar refractivity (Wildman–Crippen MR) is 101 cm³/mol. The molecule has 0 saturated heterocycles. The Hall–Kier alpha value is -0.640. The minimum atomic E-state index is -0.400. The van der Waals surface area contributed by atoms with Crippen LogP contribution in [0.2, 0.25) is 15.1 Å². The van der Waals surface area contributed by atoms with E-state index in [4.69, 9.17) is 44.3 Å². The summed E-state index contributed by atoms with van der Waals surface area (Å²) in [5.74, 6) is 0.752. The van der Waals surface area contributed by atoms with Crippen molar-refractivity contribution in [2.45, 2.75) is 46.0 Å². The summed E-state index contributed by atoms with van der Waals surface area (Å²) in [4.78, 5) is 12.0. The van der Waals surface area contributed by atoms with E-state index in [9.17, 15) is 4.79 Å². The zero-order valence-corrected chi connectivity index (χ0v) is 16.8. The Labute approximate surface area is 163 Å². The van der Waals surface area contributed by atoms with Gasteiger partial charge in [-0.15, -0.1) is 0 Å². The number of rotatable bonds is 6. The minimum absolute atomic E-state index is 0.198. The van der Waals surface area contributed by atoms with Crippen LogP contribution in [0.5, 0.6) is 5.75 Å². The van der Waals surface area contributed by atoms with Gasteiger partial charge < -0.3 is 9.47 Å². The number of ether oxygens (including phenoxy) is 2. The fourth-order valence-corrected chi connectivity index (χ4v) is 5.16. The number of fused-ring (bicyclic) bond motifs is 2. The van der Waals surface area contributed by atoms with Crippen LogP contribution in [-0.4, -0.2) is 19.2 Å². The van der Waals surface area contributed by atoms with Gasteiger partial charge in [-0.05, 0) is 48.5 Å². The summed E-state index contributed by atoms with van der Waals surface area (Å²) >= 11 is 17.8. The summed E-state index contributed by atoms with van der Waals surface area (Å²) in [5, 5.41) is 0.980. The van der Waals surface area contributed by atoms with Crippen LogP contribution >= 0.6 is 34.8 Å². The lowest BCUT2D eigenvalue weighted by Gasteiger charge is -2.66. The molecule has 6 heteroatoms. The van der Waals surface area contributed by atoms with Crippen molar-refractivity contribution in [2.75, 3.05) is 13.2 Å². The summed E-state index contributed by atoms with van der Waals surface area (Å²) in [6, 6.07) is 2.99. The molecule has 1 aromatic carbocycles. The van der Waals surface area contributed by atoms with Crippen molar-refractivity contribution < 1.29 is 14.3 Å². The SMILES string of the molecule is CC1(C)[C@@H]2CCC[C@@]1(CCOC(=O)COc1cc(Cl)c(Cl)cc1Cl)C2. The second-order valence-electron chi connectivity index (χ2n) is 7.75. The number of hydrogen-bond donors (Lipinski definition) is 0. The summed E-state index contributed by atoms with van der Waals surface area (Å²) in [6.07, 6.45) is 6.07. The van der Waals surface area contributed by atoms with Crippen LogP contribution in [0, 0.1) is 16.7 Å². The van der Waals surface area contributed by atoms with Gasteiger partial charge in [-0.2, -0.15) is 0 Å². The maximum atomic E-state index is 12.0. The molecule has 0 unspecified atom stereocenters. The first-order valence-corrected chi connectivity index (χ1v) is 9.81. The minimum Gasteiger partial charge on any atom is -0.480 e. The van der Waals surface area contributed by atoms with Crippen LogP contribution in [0.1, 0.15) is 46.0 Å². The highest BCUT2D eigenvalue weighted by Gasteiger charge is 2.60. The van der Waals surface area contributed by atoms with Crippen molar-refractivity contribution in [3.8, 4) is 5.75 Å². The average Bonchev–Trinajstić information content (AvgIpc) is 2.57. The van der Waals surface area contributed by atoms with Crippen molar-refractivity contribution >= 4 is 40.8 Å². The van der Waals surface area contributed by atoms with E-state index in [-0.39, 0.29) is 6.61 Å². The molecule has 2 atom stereocenters. The van der Waals surface area contributed by atoms with E-state index < -0.39 is 5.97 Å². The summed E-state index contributed by atoms with van der Waals surface area (Å²) in [7, 11) is 0. The molecule has 25 heavy (non-hydrogen) atoms. The Morgan fingerprint density at radius 2 is 1.92 bits per heavy atom. The largest absolute Gasteiger partial charge is 0.480 e. The first kappa shape index (κ1) is 19.1. The second-order valence-corrected chi connectivity index (χ2v) is 8.97. The monoisotopic (exact) mass is 404 g/mol. The number of benzene rings is 1. The van der Waals surface area contributed by atoms with E-state index in [1.54, 1.807) is 0 Å². The van der Waals surface area contributed by atoms with E-state index in [1.807, 2.05) is 0 Å². The molecule has 0 aliphatic heterocycles. The first-order chi connectivity index (χ1) is 11.7. The van der Waals surface area contributed by atoms with E-state index in [2.05, 4.69) is 13.8 Å². The number of carbonyl (C=O) groups excluding carboxylic acids is 1. The normalized spacial score (nSPS) is 26.7. The number of carbonyl (C=O) groups is 1. The topological polar surface area (TPSA) is 35.5 Å². The summed E-state index contributed by atoms with van der Waals surface area (Å²) in [6.45, 7) is 4.96. The third kappa shape index (κ3) is 3.61. The zero-order chi connectivity index (χ0) is 18.2. The van der Waals surface area contributed by atoms with Crippen molar-refractivity contribution in [3.05, 3.63) is 27.2 Å². The third-order valence-electron chi connectivity index (χ3n) is 6.40. The van der Waals surface area contributed by atoms with Crippen molar-refractivity contribution in [1.82, 2.24) is 0 Å². The van der Waals surface area contributed by atoms with Crippen LogP contribution in [0.4, 0.5) is 0 Å². The fourth-order valence-electron chi connectivity index (χ4n) is 4.57. The van der Waals surface area contributed by atoms with Crippen molar-refractivity contribution in [3.63, 3.8) is 0 Å². The van der Waals surface area contributed by atoms with Gasteiger partial charge in [0.25, 0.3) is 0 Å². The van der Waals surface area contributed by atoms with Crippen LogP contribution in [0.3, 0.4) is 0 Å². The van der Waals surface area contributed by atoms with E-state index in [0.717, 1.165) is 12.3 Å². The molecular formula is C19H23Cl3O3. The van der Waals surface area contributed by atoms with E-state index in [1.165, 1.54) is 37.8 Å². The van der Waals surface area contributed by atoms with Gasteiger partial charge >= 0.3 is 5.97 Å². The van der Waals surface area contributed by atoms with Crippen molar-refractivity contribution in [2.24, 2.45) is 16.7 Å². The summed E-state index contributed by atoms with van der Waals surface area (Å²) < 4.78 is 10.8. The van der Waals surface area contributed by atoms with Gasteiger partial charge in [0.05, 0.1) is 21.7 Å². The molecule has 3 aliphatic carbocycles. The molecular weight excluding hydrogens is 383 g/mol. The second kappa shape index (κ2) is 7.17. The van der Waals surface area contributed by atoms with Gasteiger partial charge in [0.2, 0.25) is 0 Å². The third-order valence-corrected chi connectivity index (χ3v) is 7.41. The Morgan fingerprint density at radius 3 is 2.60 bits per heavy atom. The molecule has 3 aliphatic rings. The van der Waals surface area contributed by atoms with Gasteiger partial charge in [0, 0.05) is 6.07 Å². The lowest BCUT2D eigenvalue weighted by atomic mass is 9.39. The lowest BCUT2D eigenvalue weighted by Crippen LogP contribution is -2.58. The Morgan fingerprint density at radius 1 is 1.20 bits per heavy atom. The molecule has 138 valence electrons. The quantitative estimate of drug-likeness (QED) is 0.419. The van der Waals surface area contributed by atoms with Gasteiger partial charge in [-0.3, -0.25) is 0 Å². The van der Waals surface area contributed by atoms with E-state index in [0.29, 0.717) is 38.3 Å². The molecule has 0 amide bonds. The lowest BCUT2D eigenvalue weighted by molar-refractivity contribution is -0.176. The molecule has 3 saturated carbocycles. The number of hydrogen-bond acceptors (Lipinski definition) is 3. The molecule has 0 spiro atoms. The first-order valence-electron chi connectivity index (χ1n) is 8.68. The average molecular weight is 406 g/mol. The molecule has 1 aromatic rings. The molecule has 3 fully saturated rings. The van der Waals surface area contributed by atoms with Crippen LogP contribution in [0.15, 0.2) is 12.1 Å². The molecule has 0 aromatic heterocycles. The fraction of sp³-hybridized carbons (Fsp3) is 0.632. The molecule has 2 bridgehead atoms. The summed E-state index contributed by atoms with van der Waals surface area (Å²) in [5.41, 5.74) is 0.700. The van der Waals surface area contributed by atoms with Crippen LogP contribution in [0.25, 0.3) is 0 Å². The Kier molecular flexibility index (Phi) is 5.49. The molecule has 0 radical (unpaired) electrons. The standard InChI is InChI=1S/C19H23Cl3O3/c1-18(2)12-4-3-5-19(18,10-12)6-7-24-17(23)11-25-16-9-14(21)13(20)8-15(16)22/h8-9,12H,3-7,10-11H2,1-2H3/t12-,19-/m1/s1. The zero-order valence-electron chi connectivity index (χ0n) is 14.5. The molecule has 0 N–H and O–H groups in total. The maximum Gasteiger partial charge on any atom is 0.344 e. The van der Waals surface area contributed by atoms with Gasteiger partial charge in [0.1, 0.15) is 5.75 Å². The highest BCUT2D eigenvalue weighted by Crippen LogP contribution is 2.69. The maximum absolute atomic E-state index is 12.0. The Bertz CT molecular complexity index is 670. The van der Waals surface area contributed by atoms with Gasteiger partial charge in [-0.1, -0.05) is 55.1 Å².